The average Bonchev–Trinajstić information content (AvgIpc) is 2.34. The van der Waals surface area contributed by atoms with Crippen LogP contribution in [0, 0.1) is 23.1 Å². The van der Waals surface area contributed by atoms with E-state index in [0.717, 1.165) is 0 Å². The maximum absolute atomic E-state index is 13.7. The predicted molar refractivity (Wildman–Crippen MR) is 70.5 cm³/mol. The largest absolute Gasteiger partial charge is 0.338 e. The molecule has 0 spiro atoms. The van der Waals surface area contributed by atoms with Crippen molar-refractivity contribution in [2.45, 2.75) is 13.8 Å². The van der Waals surface area contributed by atoms with Crippen LogP contribution in [0.5, 0.6) is 0 Å². The van der Waals surface area contributed by atoms with Gasteiger partial charge in [-0.15, -0.1) is 0 Å². The Kier molecular flexibility index (Phi) is 5.29. The van der Waals surface area contributed by atoms with Crippen molar-refractivity contribution >= 4 is 21.8 Å². The Hall–Kier alpha value is -1.41. The molecule has 0 N–H and O–H groups in total. The van der Waals surface area contributed by atoms with Gasteiger partial charge in [-0.1, -0.05) is 15.9 Å². The molecule has 0 bridgehead atoms. The maximum Gasteiger partial charge on any atom is 0.256 e. The number of hydrogen-bond acceptors (Lipinski definition) is 2. The zero-order chi connectivity index (χ0) is 13.7. The van der Waals surface area contributed by atoms with Crippen molar-refractivity contribution in [1.82, 2.24) is 4.90 Å². The summed E-state index contributed by atoms with van der Waals surface area (Å²) in [7, 11) is 0. The van der Waals surface area contributed by atoms with E-state index in [4.69, 9.17) is 5.26 Å². The summed E-state index contributed by atoms with van der Waals surface area (Å²) in [4.78, 5) is 13.6. The van der Waals surface area contributed by atoms with E-state index in [9.17, 15) is 9.18 Å². The molecule has 96 valence electrons. The minimum Gasteiger partial charge on any atom is -0.338 e. The molecule has 1 aromatic rings. The fourth-order valence-corrected chi connectivity index (χ4v) is 1.89. The zero-order valence-corrected chi connectivity index (χ0v) is 11.9. The summed E-state index contributed by atoms with van der Waals surface area (Å²) in [5, 5.41) is 8.75. The molecule has 0 fully saturated rings. The monoisotopic (exact) mass is 312 g/mol. The minimum atomic E-state index is -0.558. The number of benzene rings is 1. The predicted octanol–water partition coefficient (Wildman–Crippen LogP) is 3.21. The van der Waals surface area contributed by atoms with E-state index in [1.807, 2.05) is 0 Å². The van der Waals surface area contributed by atoms with Gasteiger partial charge in [0.1, 0.15) is 5.82 Å². The van der Waals surface area contributed by atoms with Crippen molar-refractivity contribution < 1.29 is 9.18 Å². The molecule has 0 heterocycles. The second-order valence-corrected chi connectivity index (χ2v) is 4.91. The first-order chi connectivity index (χ1) is 8.49. The van der Waals surface area contributed by atoms with Crippen LogP contribution >= 0.6 is 15.9 Å². The summed E-state index contributed by atoms with van der Waals surface area (Å²) in [5.41, 5.74) is 0.0326. The third-order valence-corrected chi connectivity index (χ3v) is 3.04. The van der Waals surface area contributed by atoms with Crippen molar-refractivity contribution in [2.24, 2.45) is 5.92 Å². The summed E-state index contributed by atoms with van der Waals surface area (Å²) in [6.45, 7) is 4.29. The average molecular weight is 313 g/mol. The number of carbonyl (C=O) groups is 1. The van der Waals surface area contributed by atoms with Crippen LogP contribution in [0.2, 0.25) is 0 Å². The molecule has 0 saturated heterocycles. The molecule has 0 aliphatic carbocycles. The second-order valence-electron chi connectivity index (χ2n) is 4.00. The Morgan fingerprint density at radius 3 is 2.78 bits per heavy atom. The number of nitrogens with zero attached hydrogens (tertiary/aromatic N) is 2. The molecule has 0 aliphatic heterocycles. The van der Waals surface area contributed by atoms with E-state index < -0.39 is 5.82 Å². The van der Waals surface area contributed by atoms with Gasteiger partial charge in [0, 0.05) is 17.6 Å². The minimum absolute atomic E-state index is 0.0326. The van der Waals surface area contributed by atoms with Crippen LogP contribution in [0.15, 0.2) is 22.7 Å². The van der Waals surface area contributed by atoms with Crippen molar-refractivity contribution in [3.63, 3.8) is 0 Å². The second kappa shape index (κ2) is 6.50. The SMILES string of the molecule is CCN(CC(C)C#N)C(=O)c1ccc(Br)cc1F. The van der Waals surface area contributed by atoms with Gasteiger partial charge >= 0.3 is 0 Å². The number of halogens is 2. The molecule has 18 heavy (non-hydrogen) atoms. The molecule has 1 rings (SSSR count). The Balaban J connectivity index is 2.94. The van der Waals surface area contributed by atoms with E-state index in [1.165, 1.54) is 17.0 Å². The standard InChI is InChI=1S/C13H14BrFN2O/c1-3-17(8-9(2)7-16)13(18)11-5-4-10(14)6-12(11)15/h4-6,9H,3,8H2,1-2H3. The van der Waals surface area contributed by atoms with Gasteiger partial charge in [-0.25, -0.2) is 4.39 Å². The van der Waals surface area contributed by atoms with Crippen molar-refractivity contribution in [3.8, 4) is 6.07 Å². The van der Waals surface area contributed by atoms with Gasteiger partial charge in [0.2, 0.25) is 0 Å². The van der Waals surface area contributed by atoms with E-state index >= 15 is 0 Å². The fraction of sp³-hybridized carbons (Fsp3) is 0.385. The van der Waals surface area contributed by atoms with E-state index in [1.54, 1.807) is 19.9 Å². The summed E-state index contributed by atoms with van der Waals surface area (Å²) < 4.78 is 14.3. The highest BCUT2D eigenvalue weighted by Gasteiger charge is 2.19. The third-order valence-electron chi connectivity index (χ3n) is 2.55. The fourth-order valence-electron chi connectivity index (χ4n) is 1.56. The Bertz CT molecular complexity index is 484. The lowest BCUT2D eigenvalue weighted by Crippen LogP contribution is -2.34. The summed E-state index contributed by atoms with van der Waals surface area (Å²) in [6.07, 6.45) is 0. The van der Waals surface area contributed by atoms with Crippen LogP contribution in [-0.2, 0) is 0 Å². The van der Waals surface area contributed by atoms with Crippen LogP contribution < -0.4 is 0 Å². The molecule has 0 aliphatic rings. The molecular weight excluding hydrogens is 299 g/mol. The van der Waals surface area contributed by atoms with Gasteiger partial charge in [0.15, 0.2) is 0 Å². The molecule has 0 radical (unpaired) electrons. The van der Waals surface area contributed by atoms with Gasteiger partial charge < -0.3 is 4.90 Å². The van der Waals surface area contributed by atoms with Crippen LogP contribution in [0.4, 0.5) is 4.39 Å². The zero-order valence-electron chi connectivity index (χ0n) is 10.3. The lowest BCUT2D eigenvalue weighted by Gasteiger charge is -2.22. The molecule has 5 heteroatoms. The Labute approximate surface area is 114 Å². The van der Waals surface area contributed by atoms with Crippen molar-refractivity contribution in [2.75, 3.05) is 13.1 Å². The molecule has 0 saturated carbocycles. The van der Waals surface area contributed by atoms with Gasteiger partial charge in [-0.2, -0.15) is 5.26 Å². The summed E-state index contributed by atoms with van der Waals surface area (Å²) >= 11 is 3.14. The maximum atomic E-state index is 13.7. The van der Waals surface area contributed by atoms with Crippen molar-refractivity contribution in [3.05, 3.63) is 34.1 Å². The Morgan fingerprint density at radius 2 is 2.28 bits per heavy atom. The number of hydrogen-bond donors (Lipinski definition) is 0. The van der Waals surface area contributed by atoms with Gasteiger partial charge in [-0.3, -0.25) is 4.79 Å². The number of carbonyl (C=O) groups excluding carboxylic acids is 1. The van der Waals surface area contributed by atoms with Crippen molar-refractivity contribution in [1.29, 1.82) is 5.26 Å². The van der Waals surface area contributed by atoms with Gasteiger partial charge in [-0.05, 0) is 32.0 Å². The van der Waals surface area contributed by atoms with Gasteiger partial charge in [0.25, 0.3) is 5.91 Å². The van der Waals surface area contributed by atoms with E-state index in [-0.39, 0.29) is 17.4 Å². The highest BCUT2D eigenvalue weighted by atomic mass is 79.9. The molecule has 1 atom stereocenters. The quantitative estimate of drug-likeness (QED) is 0.857. The number of amides is 1. The highest BCUT2D eigenvalue weighted by Crippen LogP contribution is 2.17. The van der Waals surface area contributed by atoms with Gasteiger partial charge in [0.05, 0.1) is 17.6 Å². The molecular formula is C13H14BrFN2O. The molecule has 1 aromatic carbocycles. The molecule has 1 unspecified atom stereocenters. The first-order valence-electron chi connectivity index (χ1n) is 5.63. The lowest BCUT2D eigenvalue weighted by atomic mass is 10.1. The normalized spacial score (nSPS) is 11.7. The van der Waals surface area contributed by atoms with Crippen LogP contribution in [-0.4, -0.2) is 23.9 Å². The summed E-state index contributed by atoms with van der Waals surface area (Å²) in [6, 6.07) is 6.39. The topological polar surface area (TPSA) is 44.1 Å². The molecule has 3 nitrogen and oxygen atoms in total. The van der Waals surface area contributed by atoms with E-state index in [2.05, 4.69) is 22.0 Å². The molecule has 1 amide bonds. The van der Waals surface area contributed by atoms with E-state index in [0.29, 0.717) is 17.6 Å². The first-order valence-corrected chi connectivity index (χ1v) is 6.42. The Morgan fingerprint density at radius 1 is 1.61 bits per heavy atom. The number of nitriles is 1. The van der Waals surface area contributed by atoms with Crippen LogP contribution in [0.3, 0.4) is 0 Å². The van der Waals surface area contributed by atoms with Crippen LogP contribution in [0.25, 0.3) is 0 Å². The smallest absolute Gasteiger partial charge is 0.256 e. The summed E-state index contributed by atoms with van der Waals surface area (Å²) in [5.74, 6) is -1.21. The lowest BCUT2D eigenvalue weighted by molar-refractivity contribution is 0.0748. The number of rotatable bonds is 4. The highest BCUT2D eigenvalue weighted by molar-refractivity contribution is 9.10. The molecule has 0 aromatic heterocycles. The van der Waals surface area contributed by atoms with Crippen LogP contribution in [0.1, 0.15) is 24.2 Å². The third kappa shape index (κ3) is 3.54. The first kappa shape index (κ1) is 14.7.